The van der Waals surface area contributed by atoms with Gasteiger partial charge in [0.05, 0.1) is 18.5 Å². The van der Waals surface area contributed by atoms with Gasteiger partial charge in [0.2, 0.25) is 5.84 Å². The summed E-state index contributed by atoms with van der Waals surface area (Å²) in [6.45, 7) is 10.1. The third-order valence-corrected chi connectivity index (χ3v) is 3.24. The van der Waals surface area contributed by atoms with Crippen LogP contribution in [0, 0.1) is 11.8 Å². The molecule has 0 aromatic rings. The van der Waals surface area contributed by atoms with Crippen LogP contribution in [0.4, 0.5) is 25.2 Å². The molecule has 1 saturated heterocycles. The van der Waals surface area contributed by atoms with Gasteiger partial charge in [0.1, 0.15) is 0 Å². The van der Waals surface area contributed by atoms with E-state index in [1.165, 1.54) is 19.3 Å². The van der Waals surface area contributed by atoms with Gasteiger partial charge in [0.15, 0.2) is 0 Å². The Labute approximate surface area is 121 Å². The molecule has 0 aromatic carbocycles. The average Bonchev–Trinajstić information content (AvgIpc) is 2.23. The fourth-order valence-electron chi connectivity index (χ4n) is 2.30. The van der Waals surface area contributed by atoms with Crippen molar-refractivity contribution in [3.05, 3.63) is 0 Å². The zero-order chi connectivity index (χ0) is 17.1. The quantitative estimate of drug-likeness (QED) is 0.301. The molecule has 130 valence electrons. The Morgan fingerprint density at radius 2 is 1.43 bits per heavy atom. The second-order valence-electron chi connectivity index (χ2n) is 6.04. The van der Waals surface area contributed by atoms with Crippen molar-refractivity contribution in [2.75, 3.05) is 6.54 Å². The summed E-state index contributed by atoms with van der Waals surface area (Å²) in [6.07, 6.45) is 3.98. The van der Waals surface area contributed by atoms with Crippen LogP contribution in [-0.2, 0) is 0 Å². The van der Waals surface area contributed by atoms with E-state index in [1.807, 2.05) is 0 Å². The van der Waals surface area contributed by atoms with Crippen LogP contribution in [0.3, 0.4) is 0 Å². The van der Waals surface area contributed by atoms with Crippen molar-refractivity contribution in [3.63, 3.8) is 0 Å². The molecule has 1 unspecified atom stereocenters. The van der Waals surface area contributed by atoms with E-state index in [9.17, 15) is 25.2 Å². The van der Waals surface area contributed by atoms with E-state index in [1.54, 1.807) is 0 Å². The van der Waals surface area contributed by atoms with Gasteiger partial charge < -0.3 is 0 Å². The Morgan fingerprint density at radius 3 is 1.76 bits per heavy atom. The standard InChI is InChI=1S/C12H24N2.F6P/c1-9(2)11-7-5-6-8-14(11)12(13)10(3)4;1-7(2,3,4,5)6/h9-11,13H,5-8H2,1-4H3;/q;-1/p+1. The fraction of sp³-hybridized carbons (Fsp3) is 0.917. The van der Waals surface area contributed by atoms with Crippen LogP contribution >= 0.6 is 7.81 Å². The van der Waals surface area contributed by atoms with E-state index in [-0.39, 0.29) is 0 Å². The van der Waals surface area contributed by atoms with E-state index >= 15 is 0 Å². The zero-order valence-electron chi connectivity index (χ0n) is 12.8. The molecule has 21 heavy (non-hydrogen) atoms. The van der Waals surface area contributed by atoms with Gasteiger partial charge in [-0.3, -0.25) is 10.3 Å². The van der Waals surface area contributed by atoms with Crippen molar-refractivity contribution in [2.24, 2.45) is 17.6 Å². The van der Waals surface area contributed by atoms with Crippen molar-refractivity contribution < 1.29 is 29.8 Å². The molecule has 1 heterocycles. The molecule has 0 saturated carbocycles. The monoisotopic (exact) mass is 342 g/mol. The normalized spacial score (nSPS) is 25.8. The molecule has 9 heteroatoms. The van der Waals surface area contributed by atoms with E-state index in [4.69, 9.17) is 5.73 Å². The molecule has 1 fully saturated rings. The summed E-state index contributed by atoms with van der Waals surface area (Å²) in [7, 11) is -10.7. The van der Waals surface area contributed by atoms with Crippen molar-refractivity contribution in [1.82, 2.24) is 0 Å². The van der Waals surface area contributed by atoms with Crippen molar-refractivity contribution >= 4 is 13.6 Å². The van der Waals surface area contributed by atoms with Crippen LogP contribution in [0.25, 0.3) is 0 Å². The molecular weight excluding hydrogens is 317 g/mol. The maximum atomic E-state index is 9.87. The summed E-state index contributed by atoms with van der Waals surface area (Å²) in [6, 6.07) is 0.672. The number of rotatable bonds is 2. The number of piperidine rings is 1. The summed E-state index contributed by atoms with van der Waals surface area (Å²) in [5.41, 5.74) is 6.16. The first kappa shape index (κ1) is 20.5. The van der Waals surface area contributed by atoms with Crippen molar-refractivity contribution in [2.45, 2.75) is 53.0 Å². The van der Waals surface area contributed by atoms with Gasteiger partial charge in [0.25, 0.3) is 0 Å². The summed E-state index contributed by atoms with van der Waals surface area (Å²) in [5.74, 6) is 2.28. The van der Waals surface area contributed by atoms with Crippen LogP contribution in [0.5, 0.6) is 0 Å². The number of halogens is 6. The third-order valence-electron chi connectivity index (χ3n) is 3.24. The Balaban J connectivity index is 0.000000486. The molecule has 1 rings (SSSR count). The van der Waals surface area contributed by atoms with E-state index in [0.29, 0.717) is 17.9 Å². The summed E-state index contributed by atoms with van der Waals surface area (Å²) in [4.78, 5) is 0. The maximum absolute atomic E-state index is 10.7. The van der Waals surface area contributed by atoms with Gasteiger partial charge in [-0.05, 0) is 25.2 Å². The van der Waals surface area contributed by atoms with Crippen LogP contribution in [0.2, 0.25) is 0 Å². The molecular formula is C12H25F6N2P. The molecule has 1 aliphatic rings. The summed E-state index contributed by atoms with van der Waals surface area (Å²) >= 11 is 0. The first-order valence-electron chi connectivity index (χ1n) is 6.94. The molecule has 2 N–H and O–H groups in total. The molecule has 0 aromatic heterocycles. The van der Waals surface area contributed by atoms with Crippen LogP contribution in [-0.4, -0.2) is 23.0 Å². The molecule has 0 bridgehead atoms. The summed E-state index contributed by atoms with van der Waals surface area (Å²) in [5, 5.41) is 0. The predicted molar refractivity (Wildman–Crippen MR) is 75.2 cm³/mol. The Bertz CT molecular complexity index is 373. The summed E-state index contributed by atoms with van der Waals surface area (Å²) < 4.78 is 61.6. The first-order valence-corrected chi connectivity index (χ1v) is 8.97. The van der Waals surface area contributed by atoms with E-state index < -0.39 is 7.81 Å². The minimum absolute atomic E-state index is 0.481. The molecule has 0 radical (unpaired) electrons. The predicted octanol–water partition coefficient (Wildman–Crippen LogP) is 5.60. The van der Waals surface area contributed by atoms with Gasteiger partial charge >= 0.3 is 33.0 Å². The number of hydrogen-bond donors (Lipinski definition) is 1. The van der Waals surface area contributed by atoms with Crippen LogP contribution < -0.4 is 5.73 Å². The van der Waals surface area contributed by atoms with Gasteiger partial charge in [-0.25, -0.2) is 0 Å². The van der Waals surface area contributed by atoms with E-state index in [2.05, 4.69) is 32.3 Å². The van der Waals surface area contributed by atoms with Gasteiger partial charge in [-0.1, -0.05) is 27.7 Å². The second-order valence-corrected chi connectivity index (χ2v) is 7.96. The first-order chi connectivity index (χ1) is 8.99. The second kappa shape index (κ2) is 5.94. The molecule has 0 spiro atoms. The van der Waals surface area contributed by atoms with Crippen LogP contribution in [0.1, 0.15) is 47.0 Å². The van der Waals surface area contributed by atoms with Gasteiger partial charge in [0, 0.05) is 0 Å². The van der Waals surface area contributed by atoms with Crippen molar-refractivity contribution in [1.29, 1.82) is 0 Å². The Hall–Kier alpha value is -0.520. The minimum atomic E-state index is -10.7. The number of amidine groups is 1. The number of hydrogen-bond acceptors (Lipinski definition) is 0. The molecule has 0 amide bonds. The van der Waals surface area contributed by atoms with Gasteiger partial charge in [-0.15, -0.1) is 0 Å². The molecule has 0 aliphatic carbocycles. The van der Waals surface area contributed by atoms with Crippen LogP contribution in [0.15, 0.2) is 0 Å². The van der Waals surface area contributed by atoms with Gasteiger partial charge in [-0.2, -0.15) is 0 Å². The van der Waals surface area contributed by atoms with Crippen molar-refractivity contribution in [3.8, 4) is 0 Å². The number of nitrogens with two attached hydrogens (primary N) is 1. The Kier molecular flexibility index (Phi) is 5.79. The van der Waals surface area contributed by atoms with E-state index in [0.717, 1.165) is 12.4 Å². The Morgan fingerprint density at radius 1 is 1.00 bits per heavy atom. The third kappa shape index (κ3) is 11.8. The number of nitrogens with zero attached hydrogens (tertiary/aromatic N) is 1. The SMILES string of the molecule is CC(C)C(N)=[N+]1CCCCC1C(C)C.F[P-](F)(F)(F)(F)F. The average molecular weight is 342 g/mol. The molecule has 2 nitrogen and oxygen atoms in total. The fourth-order valence-corrected chi connectivity index (χ4v) is 2.30. The topological polar surface area (TPSA) is 29.0 Å². The molecule has 1 aliphatic heterocycles. The molecule has 1 atom stereocenters. The zero-order valence-corrected chi connectivity index (χ0v) is 13.7.